The molecule has 0 heterocycles. The quantitative estimate of drug-likeness (QED) is 0.707. The highest BCUT2D eigenvalue weighted by molar-refractivity contribution is 6.32. The molecule has 2 amide bonds. The molecule has 5 N–H and O–H groups in total. The van der Waals surface area contributed by atoms with E-state index in [9.17, 15) is 9.59 Å². The monoisotopic (exact) mass is 301 g/mol. The molecule has 1 aromatic carbocycles. The summed E-state index contributed by atoms with van der Waals surface area (Å²) in [7, 11) is 2.89. The van der Waals surface area contributed by atoms with E-state index in [0.717, 1.165) is 0 Å². The van der Waals surface area contributed by atoms with Gasteiger partial charge >= 0.3 is 0 Å². The van der Waals surface area contributed by atoms with Gasteiger partial charge in [-0.05, 0) is 6.07 Å². The minimum Gasteiger partial charge on any atom is -0.495 e. The van der Waals surface area contributed by atoms with Crippen molar-refractivity contribution in [2.75, 3.05) is 19.5 Å². The largest absolute Gasteiger partial charge is 0.495 e. The molecule has 20 heavy (non-hydrogen) atoms. The first kappa shape index (κ1) is 16.1. The summed E-state index contributed by atoms with van der Waals surface area (Å²) >= 11 is 5.97. The predicted molar refractivity (Wildman–Crippen MR) is 75.0 cm³/mol. The number of amides is 2. The van der Waals surface area contributed by atoms with E-state index in [4.69, 9.17) is 32.5 Å². The zero-order chi connectivity index (χ0) is 15.3. The highest BCUT2D eigenvalue weighted by atomic mass is 35.5. The molecular formula is C12H16ClN3O4. The van der Waals surface area contributed by atoms with E-state index >= 15 is 0 Å². The molecule has 0 fully saturated rings. The predicted octanol–water partition coefficient (Wildman–Crippen LogP) is 0.498. The highest BCUT2D eigenvalue weighted by Crippen LogP contribution is 2.35. The second-order valence-electron chi connectivity index (χ2n) is 3.95. The number of benzene rings is 1. The van der Waals surface area contributed by atoms with Crippen molar-refractivity contribution in [2.45, 2.75) is 12.5 Å². The lowest BCUT2D eigenvalue weighted by atomic mass is 10.2. The van der Waals surface area contributed by atoms with Gasteiger partial charge in [-0.25, -0.2) is 0 Å². The van der Waals surface area contributed by atoms with Crippen LogP contribution in [0.15, 0.2) is 12.1 Å². The van der Waals surface area contributed by atoms with Gasteiger partial charge in [0.25, 0.3) is 0 Å². The normalized spacial score (nSPS) is 11.6. The summed E-state index contributed by atoms with van der Waals surface area (Å²) in [6.45, 7) is 0. The number of halogens is 1. The molecule has 0 aliphatic carbocycles. The smallest absolute Gasteiger partial charge is 0.241 e. The number of anilines is 1. The first-order valence-electron chi connectivity index (χ1n) is 5.65. The van der Waals surface area contributed by atoms with Crippen molar-refractivity contribution in [2.24, 2.45) is 11.5 Å². The Kier molecular flexibility index (Phi) is 5.60. The number of carbonyl (C=O) groups excluding carboxylic acids is 2. The maximum Gasteiger partial charge on any atom is 0.241 e. The van der Waals surface area contributed by atoms with Crippen molar-refractivity contribution >= 4 is 29.1 Å². The molecule has 7 nitrogen and oxygen atoms in total. The van der Waals surface area contributed by atoms with E-state index in [2.05, 4.69) is 5.32 Å². The van der Waals surface area contributed by atoms with Crippen LogP contribution < -0.4 is 26.3 Å². The van der Waals surface area contributed by atoms with E-state index in [1.165, 1.54) is 26.4 Å². The molecule has 0 aromatic heterocycles. The third-order valence-corrected chi connectivity index (χ3v) is 2.79. The van der Waals surface area contributed by atoms with Crippen LogP contribution in [0.5, 0.6) is 11.5 Å². The van der Waals surface area contributed by atoms with Crippen LogP contribution >= 0.6 is 11.6 Å². The second kappa shape index (κ2) is 6.97. The lowest BCUT2D eigenvalue weighted by Gasteiger charge is -2.15. The number of primary amides is 1. The Hall–Kier alpha value is -1.99. The molecule has 8 heteroatoms. The van der Waals surface area contributed by atoms with Crippen LogP contribution in [0.3, 0.4) is 0 Å². The summed E-state index contributed by atoms with van der Waals surface area (Å²) in [5.74, 6) is -0.468. The summed E-state index contributed by atoms with van der Waals surface area (Å²) in [5.41, 5.74) is 10.8. The third kappa shape index (κ3) is 4.01. The van der Waals surface area contributed by atoms with Crippen LogP contribution in [-0.2, 0) is 9.59 Å². The van der Waals surface area contributed by atoms with Gasteiger partial charge in [0.1, 0.15) is 11.5 Å². The van der Waals surface area contributed by atoms with Gasteiger partial charge in [0.15, 0.2) is 0 Å². The minimum absolute atomic E-state index is 0.252. The number of carbonyl (C=O) groups is 2. The molecule has 0 bridgehead atoms. The van der Waals surface area contributed by atoms with Gasteiger partial charge in [-0.2, -0.15) is 0 Å². The summed E-state index contributed by atoms with van der Waals surface area (Å²) in [6.07, 6.45) is -0.252. The second-order valence-corrected chi connectivity index (χ2v) is 4.36. The first-order chi connectivity index (χ1) is 9.38. The molecular weight excluding hydrogens is 286 g/mol. The maximum absolute atomic E-state index is 11.8. The number of ether oxygens (including phenoxy) is 2. The van der Waals surface area contributed by atoms with Crippen molar-refractivity contribution in [3.05, 3.63) is 17.2 Å². The maximum atomic E-state index is 11.8. The number of nitrogens with one attached hydrogen (secondary N) is 1. The Balaban J connectivity index is 2.94. The molecule has 1 aromatic rings. The van der Waals surface area contributed by atoms with Gasteiger partial charge in [0, 0.05) is 6.07 Å². The Labute approximate surface area is 121 Å². The number of rotatable bonds is 6. The molecule has 0 spiro atoms. The lowest BCUT2D eigenvalue weighted by Crippen LogP contribution is -2.39. The number of methoxy groups -OCH3 is 2. The van der Waals surface area contributed by atoms with E-state index in [1.807, 2.05) is 0 Å². The van der Waals surface area contributed by atoms with Gasteiger partial charge < -0.3 is 26.3 Å². The van der Waals surface area contributed by atoms with Crippen LogP contribution in [0, 0.1) is 0 Å². The van der Waals surface area contributed by atoms with Crippen LogP contribution in [0.25, 0.3) is 0 Å². The standard InChI is InChI=1S/C12H16ClN3O4/c1-19-9-5-10(20-2)8(3-6(9)13)16-12(18)7(14)4-11(15)17/h3,5,7H,4,14H2,1-2H3,(H2,15,17)(H,16,18). The molecule has 0 aliphatic rings. The first-order valence-corrected chi connectivity index (χ1v) is 6.03. The van der Waals surface area contributed by atoms with Crippen LogP contribution in [-0.4, -0.2) is 32.1 Å². The molecule has 0 saturated carbocycles. The zero-order valence-corrected chi connectivity index (χ0v) is 11.9. The van der Waals surface area contributed by atoms with Crippen molar-refractivity contribution < 1.29 is 19.1 Å². The summed E-state index contributed by atoms with van der Waals surface area (Å²) < 4.78 is 10.2. The minimum atomic E-state index is -1.04. The van der Waals surface area contributed by atoms with E-state index in [-0.39, 0.29) is 6.42 Å². The third-order valence-electron chi connectivity index (χ3n) is 2.49. The average Bonchev–Trinajstić information content (AvgIpc) is 2.38. The Bertz CT molecular complexity index is 522. The topological polar surface area (TPSA) is 117 Å². The fraction of sp³-hybridized carbons (Fsp3) is 0.333. The van der Waals surface area contributed by atoms with E-state index in [1.54, 1.807) is 0 Å². The molecule has 1 atom stereocenters. The molecule has 1 unspecified atom stereocenters. The number of hydrogen-bond acceptors (Lipinski definition) is 5. The van der Waals surface area contributed by atoms with Gasteiger partial charge in [0.2, 0.25) is 11.8 Å². The van der Waals surface area contributed by atoms with Crippen molar-refractivity contribution in [3.63, 3.8) is 0 Å². The molecule has 0 saturated heterocycles. The number of nitrogens with two attached hydrogens (primary N) is 2. The summed E-state index contributed by atoms with van der Waals surface area (Å²) in [4.78, 5) is 22.5. The van der Waals surface area contributed by atoms with Gasteiger partial charge in [-0.15, -0.1) is 0 Å². The van der Waals surface area contributed by atoms with Gasteiger partial charge in [-0.1, -0.05) is 11.6 Å². The van der Waals surface area contributed by atoms with Crippen LogP contribution in [0.4, 0.5) is 5.69 Å². The molecule has 110 valence electrons. The summed E-state index contributed by atoms with van der Waals surface area (Å²) in [5, 5.41) is 2.82. The average molecular weight is 302 g/mol. The Morgan fingerprint density at radius 1 is 1.30 bits per heavy atom. The SMILES string of the molecule is COc1cc(OC)c(NC(=O)C(N)CC(N)=O)cc1Cl. The van der Waals surface area contributed by atoms with E-state index in [0.29, 0.717) is 22.2 Å². The highest BCUT2D eigenvalue weighted by Gasteiger charge is 2.18. The fourth-order valence-electron chi connectivity index (χ4n) is 1.49. The van der Waals surface area contributed by atoms with Crippen molar-refractivity contribution in [1.29, 1.82) is 0 Å². The molecule has 0 radical (unpaired) electrons. The Morgan fingerprint density at radius 3 is 2.40 bits per heavy atom. The lowest BCUT2D eigenvalue weighted by molar-refractivity contribution is -0.123. The number of hydrogen-bond donors (Lipinski definition) is 3. The van der Waals surface area contributed by atoms with Gasteiger partial charge in [0.05, 0.1) is 37.4 Å². The van der Waals surface area contributed by atoms with Gasteiger partial charge in [-0.3, -0.25) is 9.59 Å². The molecule has 0 aliphatic heterocycles. The fourth-order valence-corrected chi connectivity index (χ4v) is 1.73. The van der Waals surface area contributed by atoms with Crippen LogP contribution in [0.1, 0.15) is 6.42 Å². The Morgan fingerprint density at radius 2 is 1.90 bits per heavy atom. The van der Waals surface area contributed by atoms with Crippen molar-refractivity contribution in [1.82, 2.24) is 0 Å². The van der Waals surface area contributed by atoms with Crippen molar-refractivity contribution in [3.8, 4) is 11.5 Å². The molecule has 1 rings (SSSR count). The van der Waals surface area contributed by atoms with Crippen LogP contribution in [0.2, 0.25) is 5.02 Å². The zero-order valence-electron chi connectivity index (χ0n) is 11.1. The summed E-state index contributed by atoms with van der Waals surface area (Å²) in [6, 6.07) is 1.95. The van der Waals surface area contributed by atoms with E-state index < -0.39 is 17.9 Å².